The van der Waals surface area contributed by atoms with Gasteiger partial charge in [-0.25, -0.2) is 0 Å². The molecule has 5 nitrogen and oxygen atoms in total. The van der Waals surface area contributed by atoms with E-state index in [9.17, 15) is 9.59 Å². The van der Waals surface area contributed by atoms with Crippen molar-refractivity contribution in [1.29, 1.82) is 0 Å². The van der Waals surface area contributed by atoms with Crippen LogP contribution in [0.5, 0.6) is 0 Å². The first-order chi connectivity index (χ1) is 11.6. The number of carbonyl (C=O) groups excluding carboxylic acids is 2. The first-order valence-electron chi connectivity index (χ1n) is 8.72. The van der Waals surface area contributed by atoms with E-state index in [1.165, 1.54) is 12.7 Å². The second kappa shape index (κ2) is 6.93. The molecule has 1 amide bonds. The van der Waals surface area contributed by atoms with Crippen LogP contribution in [0.3, 0.4) is 0 Å². The topological polar surface area (TPSA) is 64.6 Å². The Morgan fingerprint density at radius 2 is 2.04 bits per heavy atom. The molecule has 0 spiro atoms. The van der Waals surface area contributed by atoms with Crippen molar-refractivity contribution in [3.8, 4) is 0 Å². The van der Waals surface area contributed by atoms with Crippen LogP contribution in [0.1, 0.15) is 49.8 Å². The van der Waals surface area contributed by atoms with Crippen molar-refractivity contribution >= 4 is 11.9 Å². The molecule has 0 aromatic heterocycles. The molecule has 1 saturated carbocycles. The molecular formula is C19H25NO4. The molecule has 1 aromatic carbocycles. The number of ether oxygens (including phenoxy) is 2. The molecule has 2 atom stereocenters. The Morgan fingerprint density at radius 1 is 1.29 bits per heavy atom. The van der Waals surface area contributed by atoms with Gasteiger partial charge in [0.2, 0.25) is 0 Å². The van der Waals surface area contributed by atoms with Crippen molar-refractivity contribution in [2.75, 3.05) is 13.7 Å². The highest BCUT2D eigenvalue weighted by Gasteiger charge is 2.47. The van der Waals surface area contributed by atoms with Crippen molar-refractivity contribution < 1.29 is 19.1 Å². The summed E-state index contributed by atoms with van der Waals surface area (Å²) < 4.78 is 10.7. The molecule has 2 aliphatic carbocycles. The van der Waals surface area contributed by atoms with Crippen molar-refractivity contribution in [2.24, 2.45) is 5.92 Å². The summed E-state index contributed by atoms with van der Waals surface area (Å²) in [6.45, 7) is 2.41. The summed E-state index contributed by atoms with van der Waals surface area (Å²) in [7, 11) is 1.40. The number of aryl methyl sites for hydroxylation is 1. The van der Waals surface area contributed by atoms with Crippen LogP contribution in [0.4, 0.5) is 0 Å². The molecule has 0 aliphatic heterocycles. The van der Waals surface area contributed by atoms with Crippen molar-refractivity contribution in [1.82, 2.24) is 5.32 Å². The summed E-state index contributed by atoms with van der Waals surface area (Å²) >= 11 is 0. The molecule has 3 rings (SSSR count). The van der Waals surface area contributed by atoms with Crippen LogP contribution < -0.4 is 5.32 Å². The third-order valence-electron chi connectivity index (χ3n) is 5.30. The molecular weight excluding hydrogens is 306 g/mol. The van der Waals surface area contributed by atoms with Gasteiger partial charge in [0.05, 0.1) is 19.1 Å². The summed E-state index contributed by atoms with van der Waals surface area (Å²) in [6.07, 6.45) is 3.97. The van der Waals surface area contributed by atoms with Gasteiger partial charge < -0.3 is 14.8 Å². The fraction of sp³-hybridized carbons (Fsp3) is 0.579. The number of methoxy groups -OCH3 is 1. The first-order valence-corrected chi connectivity index (χ1v) is 8.72. The minimum absolute atomic E-state index is 0.105. The minimum atomic E-state index is -0.720. The standard InChI is InChI=1S/C19H25NO4/c1-3-24-19(11-6-12-19)18(22)20-16-14-8-5-4-7-13(14)9-10-15(16)17(21)23-2/h4-5,7-8,15-16H,3,6,9-12H2,1-2H3,(H,20,22)/t15-,16+/m1/s1. The van der Waals surface area contributed by atoms with E-state index in [-0.39, 0.29) is 23.8 Å². The largest absolute Gasteiger partial charge is 0.469 e. The maximum Gasteiger partial charge on any atom is 0.311 e. The van der Waals surface area contributed by atoms with Gasteiger partial charge in [0, 0.05) is 6.61 Å². The van der Waals surface area contributed by atoms with Gasteiger partial charge in [-0.1, -0.05) is 24.3 Å². The molecule has 0 saturated heterocycles. The number of fused-ring (bicyclic) bond motifs is 1. The Kier molecular flexibility index (Phi) is 4.90. The molecule has 0 radical (unpaired) electrons. The third kappa shape index (κ3) is 2.93. The quantitative estimate of drug-likeness (QED) is 0.842. The lowest BCUT2D eigenvalue weighted by Gasteiger charge is -2.42. The van der Waals surface area contributed by atoms with E-state index in [1.54, 1.807) is 0 Å². The Morgan fingerprint density at radius 3 is 2.67 bits per heavy atom. The van der Waals surface area contributed by atoms with E-state index in [4.69, 9.17) is 9.47 Å². The maximum atomic E-state index is 12.9. The molecule has 1 fully saturated rings. The van der Waals surface area contributed by atoms with Gasteiger partial charge in [-0.3, -0.25) is 9.59 Å². The van der Waals surface area contributed by atoms with Crippen LogP contribution in [-0.4, -0.2) is 31.2 Å². The predicted molar refractivity (Wildman–Crippen MR) is 89.4 cm³/mol. The maximum absolute atomic E-state index is 12.9. The SMILES string of the molecule is CCOC1(C(=O)N[C@H]2c3ccccc3CC[C@H]2C(=O)OC)CCC1. The van der Waals surface area contributed by atoms with Crippen LogP contribution >= 0.6 is 0 Å². The van der Waals surface area contributed by atoms with Gasteiger partial charge in [-0.15, -0.1) is 0 Å². The number of amides is 1. The van der Waals surface area contributed by atoms with Crippen LogP contribution in [0.25, 0.3) is 0 Å². The number of carbonyl (C=O) groups is 2. The van der Waals surface area contributed by atoms with E-state index in [0.29, 0.717) is 13.0 Å². The van der Waals surface area contributed by atoms with Crippen LogP contribution in [0.15, 0.2) is 24.3 Å². The fourth-order valence-corrected chi connectivity index (χ4v) is 3.83. The van der Waals surface area contributed by atoms with E-state index >= 15 is 0 Å². The molecule has 0 unspecified atom stereocenters. The number of benzene rings is 1. The minimum Gasteiger partial charge on any atom is -0.469 e. The van der Waals surface area contributed by atoms with Crippen LogP contribution in [-0.2, 0) is 25.5 Å². The first kappa shape index (κ1) is 17.0. The van der Waals surface area contributed by atoms with E-state index in [2.05, 4.69) is 11.4 Å². The van der Waals surface area contributed by atoms with E-state index in [0.717, 1.165) is 31.2 Å². The highest BCUT2D eigenvalue weighted by Crippen LogP contribution is 2.39. The monoisotopic (exact) mass is 331 g/mol. The molecule has 1 N–H and O–H groups in total. The van der Waals surface area contributed by atoms with Crippen molar-refractivity contribution in [3.63, 3.8) is 0 Å². The highest BCUT2D eigenvalue weighted by atomic mass is 16.5. The average Bonchev–Trinajstić information content (AvgIpc) is 2.57. The van der Waals surface area contributed by atoms with Gasteiger partial charge in [-0.2, -0.15) is 0 Å². The fourth-order valence-electron chi connectivity index (χ4n) is 3.83. The molecule has 24 heavy (non-hydrogen) atoms. The normalized spacial score (nSPS) is 24.4. The smallest absolute Gasteiger partial charge is 0.311 e. The van der Waals surface area contributed by atoms with Gasteiger partial charge in [0.1, 0.15) is 5.60 Å². The molecule has 2 aliphatic rings. The highest BCUT2D eigenvalue weighted by molar-refractivity contribution is 5.87. The lowest BCUT2D eigenvalue weighted by molar-refractivity contribution is -0.161. The molecule has 5 heteroatoms. The summed E-state index contributed by atoms with van der Waals surface area (Å²) in [5.41, 5.74) is 1.47. The third-order valence-corrected chi connectivity index (χ3v) is 5.30. The summed E-state index contributed by atoms with van der Waals surface area (Å²) in [4.78, 5) is 25.1. The second-order valence-electron chi connectivity index (χ2n) is 6.60. The van der Waals surface area contributed by atoms with Crippen molar-refractivity contribution in [3.05, 3.63) is 35.4 Å². The molecule has 0 bridgehead atoms. The number of esters is 1. The number of nitrogens with one attached hydrogen (secondary N) is 1. The molecule has 1 aromatic rings. The second-order valence-corrected chi connectivity index (χ2v) is 6.60. The Labute approximate surface area is 142 Å². The van der Waals surface area contributed by atoms with E-state index in [1.807, 2.05) is 25.1 Å². The Balaban J connectivity index is 1.87. The average molecular weight is 331 g/mol. The van der Waals surface area contributed by atoms with Crippen molar-refractivity contribution in [2.45, 2.75) is 50.7 Å². The number of hydrogen-bond donors (Lipinski definition) is 1. The van der Waals surface area contributed by atoms with Gasteiger partial charge in [0.15, 0.2) is 0 Å². The Bertz CT molecular complexity index is 624. The molecule has 0 heterocycles. The Hall–Kier alpha value is -1.88. The number of hydrogen-bond acceptors (Lipinski definition) is 4. The lowest BCUT2D eigenvalue weighted by Crippen LogP contribution is -2.55. The van der Waals surface area contributed by atoms with E-state index < -0.39 is 5.60 Å². The van der Waals surface area contributed by atoms with Gasteiger partial charge in [0.25, 0.3) is 5.91 Å². The van der Waals surface area contributed by atoms with Crippen LogP contribution in [0.2, 0.25) is 0 Å². The zero-order valence-corrected chi connectivity index (χ0v) is 14.3. The van der Waals surface area contributed by atoms with Gasteiger partial charge >= 0.3 is 5.97 Å². The molecule has 130 valence electrons. The lowest BCUT2D eigenvalue weighted by atomic mass is 9.76. The predicted octanol–water partition coefficient (Wildman–Crippen LogP) is 2.54. The van der Waals surface area contributed by atoms with Crippen LogP contribution in [0, 0.1) is 5.92 Å². The summed E-state index contributed by atoms with van der Waals surface area (Å²) in [5.74, 6) is -0.729. The van der Waals surface area contributed by atoms with Gasteiger partial charge in [-0.05, 0) is 50.2 Å². The summed E-state index contributed by atoms with van der Waals surface area (Å²) in [6, 6.07) is 7.63. The zero-order chi connectivity index (χ0) is 17.2. The summed E-state index contributed by atoms with van der Waals surface area (Å²) in [5, 5.41) is 3.10. The number of rotatable bonds is 5. The zero-order valence-electron chi connectivity index (χ0n) is 14.3.